The highest BCUT2D eigenvalue weighted by molar-refractivity contribution is 5.75. The average molecular weight is 190 g/mol. The molecule has 0 aliphatic carbocycles. The van der Waals surface area contributed by atoms with Crippen LogP contribution in [-0.4, -0.2) is 27.0 Å². The van der Waals surface area contributed by atoms with E-state index in [-0.39, 0.29) is 5.69 Å². The number of aryl methyl sites for hydroxylation is 1. The number of carbonyl (C=O) groups is 1. The van der Waals surface area contributed by atoms with Crippen LogP contribution < -0.4 is 0 Å². The second-order valence-corrected chi connectivity index (χ2v) is 2.66. The molecule has 0 aliphatic heterocycles. The number of aromatic nitrogens is 2. The molecule has 1 heterocycles. The molecule has 0 saturated carbocycles. The fraction of sp³-hybridized carbons (Fsp3) is 0.429. The number of alkyl halides is 2. The van der Waals surface area contributed by atoms with Crippen LogP contribution >= 0.6 is 0 Å². The van der Waals surface area contributed by atoms with Gasteiger partial charge in [0.25, 0.3) is 0 Å². The zero-order chi connectivity index (χ0) is 10.1. The monoisotopic (exact) mass is 190 g/mol. The van der Waals surface area contributed by atoms with E-state index in [2.05, 4.69) is 9.97 Å². The Labute approximate surface area is 72.6 Å². The Bertz CT molecular complexity index is 322. The summed E-state index contributed by atoms with van der Waals surface area (Å²) in [6.45, 7) is 1.56. The molecule has 0 spiro atoms. The lowest BCUT2D eigenvalue weighted by atomic mass is 10.1. The second-order valence-electron chi connectivity index (χ2n) is 2.66. The van der Waals surface area contributed by atoms with Crippen LogP contribution in [0.15, 0.2) is 6.33 Å². The Balaban J connectivity index is 2.80. The molecule has 72 valence electrons. The number of hydrogen-bond donors (Lipinski definition) is 2. The normalized spacial score (nSPS) is 11.6. The van der Waals surface area contributed by atoms with Crippen molar-refractivity contribution in [3.63, 3.8) is 0 Å². The van der Waals surface area contributed by atoms with Gasteiger partial charge in [0.2, 0.25) is 0 Å². The van der Waals surface area contributed by atoms with E-state index in [0.717, 1.165) is 0 Å². The topological polar surface area (TPSA) is 66.0 Å². The lowest BCUT2D eigenvalue weighted by Crippen LogP contribution is -2.31. The standard InChI is InChI=1S/C7H8F2N2O2/c1-4-5(11-3-10-4)2-7(8,9)6(12)13/h3H,2H2,1H3,(H,10,11)(H,12,13). The molecular formula is C7H8F2N2O2. The minimum Gasteiger partial charge on any atom is -0.477 e. The van der Waals surface area contributed by atoms with Crippen LogP contribution in [0.4, 0.5) is 8.78 Å². The summed E-state index contributed by atoms with van der Waals surface area (Å²) in [6, 6.07) is 0. The van der Waals surface area contributed by atoms with Gasteiger partial charge in [0.05, 0.1) is 18.4 Å². The van der Waals surface area contributed by atoms with Crippen LogP contribution in [0.5, 0.6) is 0 Å². The van der Waals surface area contributed by atoms with Crippen molar-refractivity contribution in [3.8, 4) is 0 Å². The molecule has 1 rings (SSSR count). The first kappa shape index (κ1) is 9.63. The van der Waals surface area contributed by atoms with Crippen molar-refractivity contribution in [2.24, 2.45) is 0 Å². The maximum absolute atomic E-state index is 12.6. The first-order valence-corrected chi connectivity index (χ1v) is 3.53. The molecule has 0 radical (unpaired) electrons. The number of carboxylic acid groups (broad SMARTS) is 1. The molecule has 0 unspecified atom stereocenters. The molecule has 1 aromatic heterocycles. The van der Waals surface area contributed by atoms with E-state index in [9.17, 15) is 13.6 Å². The highest BCUT2D eigenvalue weighted by atomic mass is 19.3. The number of aromatic amines is 1. The lowest BCUT2D eigenvalue weighted by molar-refractivity contribution is -0.164. The molecule has 0 saturated heterocycles. The van der Waals surface area contributed by atoms with E-state index in [1.165, 1.54) is 6.33 Å². The van der Waals surface area contributed by atoms with Gasteiger partial charge in [0.15, 0.2) is 0 Å². The molecular weight excluding hydrogens is 182 g/mol. The van der Waals surface area contributed by atoms with E-state index < -0.39 is 18.3 Å². The summed E-state index contributed by atoms with van der Waals surface area (Å²) in [6.07, 6.45) is 0.375. The second kappa shape index (κ2) is 3.12. The van der Waals surface area contributed by atoms with Crippen LogP contribution in [0, 0.1) is 6.92 Å². The first-order chi connectivity index (χ1) is 5.93. The molecule has 0 bridgehead atoms. The summed E-state index contributed by atoms with van der Waals surface area (Å²) in [5.74, 6) is -5.88. The predicted molar refractivity (Wildman–Crippen MR) is 39.6 cm³/mol. The Hall–Kier alpha value is -1.46. The van der Waals surface area contributed by atoms with Crippen molar-refractivity contribution in [2.75, 3.05) is 0 Å². The van der Waals surface area contributed by atoms with E-state index in [4.69, 9.17) is 5.11 Å². The molecule has 4 nitrogen and oxygen atoms in total. The highest BCUT2D eigenvalue weighted by Crippen LogP contribution is 2.20. The Kier molecular flexibility index (Phi) is 2.31. The van der Waals surface area contributed by atoms with E-state index in [1.54, 1.807) is 6.92 Å². The number of hydrogen-bond acceptors (Lipinski definition) is 2. The van der Waals surface area contributed by atoms with Crippen molar-refractivity contribution >= 4 is 5.97 Å². The maximum Gasteiger partial charge on any atom is 0.374 e. The Morgan fingerprint density at radius 2 is 2.38 bits per heavy atom. The van der Waals surface area contributed by atoms with Crippen LogP contribution in [0.2, 0.25) is 0 Å². The van der Waals surface area contributed by atoms with Crippen molar-refractivity contribution in [2.45, 2.75) is 19.3 Å². The Morgan fingerprint density at radius 1 is 1.77 bits per heavy atom. The summed E-state index contributed by atoms with van der Waals surface area (Å²) in [5.41, 5.74) is 0.535. The van der Waals surface area contributed by atoms with Gasteiger partial charge >= 0.3 is 11.9 Å². The summed E-state index contributed by atoms with van der Waals surface area (Å²) in [5, 5.41) is 8.14. The SMILES string of the molecule is Cc1[nH]cnc1CC(F)(F)C(=O)O. The fourth-order valence-electron chi connectivity index (χ4n) is 0.851. The van der Waals surface area contributed by atoms with Gasteiger partial charge in [-0.15, -0.1) is 0 Å². The van der Waals surface area contributed by atoms with E-state index >= 15 is 0 Å². The largest absolute Gasteiger partial charge is 0.477 e. The highest BCUT2D eigenvalue weighted by Gasteiger charge is 2.39. The number of nitrogens with one attached hydrogen (secondary N) is 1. The smallest absolute Gasteiger partial charge is 0.374 e. The van der Waals surface area contributed by atoms with Gasteiger partial charge in [-0.25, -0.2) is 9.78 Å². The maximum atomic E-state index is 12.6. The number of carboxylic acids is 1. The van der Waals surface area contributed by atoms with E-state index in [1.807, 2.05) is 0 Å². The van der Waals surface area contributed by atoms with E-state index in [0.29, 0.717) is 5.69 Å². The predicted octanol–water partition coefficient (Wildman–Crippen LogP) is 0.981. The molecule has 13 heavy (non-hydrogen) atoms. The summed E-state index contributed by atoms with van der Waals surface area (Å²) < 4.78 is 25.3. The molecule has 6 heteroatoms. The number of halogens is 2. The summed E-state index contributed by atoms with van der Waals surface area (Å²) in [7, 11) is 0. The Morgan fingerprint density at radius 3 is 2.77 bits per heavy atom. The van der Waals surface area contributed by atoms with Crippen LogP contribution in [-0.2, 0) is 11.2 Å². The van der Waals surface area contributed by atoms with Gasteiger partial charge in [-0.3, -0.25) is 0 Å². The molecule has 0 aromatic carbocycles. The molecule has 0 atom stereocenters. The van der Waals surface area contributed by atoms with Crippen molar-refractivity contribution in [3.05, 3.63) is 17.7 Å². The average Bonchev–Trinajstić information content (AvgIpc) is 2.35. The van der Waals surface area contributed by atoms with Gasteiger partial charge in [-0.2, -0.15) is 8.78 Å². The first-order valence-electron chi connectivity index (χ1n) is 3.53. The van der Waals surface area contributed by atoms with Crippen LogP contribution in [0.1, 0.15) is 11.4 Å². The van der Waals surface area contributed by atoms with Gasteiger partial charge in [0, 0.05) is 5.69 Å². The molecule has 1 aromatic rings. The third-order valence-corrected chi connectivity index (χ3v) is 1.64. The number of aliphatic carboxylic acids is 1. The number of nitrogens with zero attached hydrogens (tertiary/aromatic N) is 1. The minimum atomic E-state index is -3.75. The van der Waals surface area contributed by atoms with Crippen LogP contribution in [0.3, 0.4) is 0 Å². The number of H-pyrrole nitrogens is 1. The zero-order valence-electron chi connectivity index (χ0n) is 6.84. The molecule has 0 amide bonds. The lowest BCUT2D eigenvalue weighted by Gasteiger charge is -2.08. The third-order valence-electron chi connectivity index (χ3n) is 1.64. The van der Waals surface area contributed by atoms with Gasteiger partial charge < -0.3 is 10.1 Å². The fourth-order valence-corrected chi connectivity index (χ4v) is 0.851. The minimum absolute atomic E-state index is 0.0763. The van der Waals surface area contributed by atoms with Crippen molar-refractivity contribution in [1.82, 2.24) is 9.97 Å². The van der Waals surface area contributed by atoms with Gasteiger partial charge in [-0.05, 0) is 6.92 Å². The third kappa shape index (κ3) is 2.01. The van der Waals surface area contributed by atoms with Crippen molar-refractivity contribution in [1.29, 1.82) is 0 Å². The zero-order valence-corrected chi connectivity index (χ0v) is 6.84. The van der Waals surface area contributed by atoms with Crippen molar-refractivity contribution < 1.29 is 18.7 Å². The number of imidazole rings is 1. The van der Waals surface area contributed by atoms with Gasteiger partial charge in [0.1, 0.15) is 0 Å². The number of rotatable bonds is 3. The molecule has 0 aliphatic rings. The molecule has 2 N–H and O–H groups in total. The molecule has 0 fully saturated rings. The van der Waals surface area contributed by atoms with Crippen LogP contribution in [0.25, 0.3) is 0 Å². The quantitative estimate of drug-likeness (QED) is 0.746. The summed E-state index contributed by atoms with van der Waals surface area (Å²) >= 11 is 0. The summed E-state index contributed by atoms with van der Waals surface area (Å²) in [4.78, 5) is 16.2. The van der Waals surface area contributed by atoms with Gasteiger partial charge in [-0.1, -0.05) is 0 Å².